The van der Waals surface area contributed by atoms with Gasteiger partial charge in [-0.3, -0.25) is 9.89 Å². The number of allylic oxidation sites excluding steroid dienone is 4. The van der Waals surface area contributed by atoms with E-state index in [1.807, 2.05) is 51.1 Å². The van der Waals surface area contributed by atoms with Crippen molar-refractivity contribution in [2.75, 3.05) is 12.4 Å². The SMILES string of the molecule is CCOc1ccc(C(C)=CC=C(C)c2nc(SCC(=O)O)n[nH]2)cc1Cl. The first kappa shape index (κ1) is 20.1. The summed E-state index contributed by atoms with van der Waals surface area (Å²) in [5.74, 6) is 0.302. The van der Waals surface area contributed by atoms with Gasteiger partial charge in [-0.15, -0.1) is 5.10 Å². The third-order valence-corrected chi connectivity index (χ3v) is 4.56. The number of ether oxygens (including phenoxy) is 1. The van der Waals surface area contributed by atoms with Crippen LogP contribution < -0.4 is 4.74 Å². The van der Waals surface area contributed by atoms with E-state index in [2.05, 4.69) is 15.2 Å². The fourth-order valence-corrected chi connectivity index (χ4v) is 2.81. The molecule has 0 fully saturated rings. The average Bonchev–Trinajstić information content (AvgIpc) is 3.08. The summed E-state index contributed by atoms with van der Waals surface area (Å²) in [6.07, 6.45) is 3.89. The van der Waals surface area contributed by atoms with E-state index >= 15 is 0 Å². The molecule has 0 atom stereocenters. The van der Waals surface area contributed by atoms with E-state index in [1.54, 1.807) is 0 Å². The molecule has 0 bridgehead atoms. The maximum Gasteiger partial charge on any atom is 0.313 e. The van der Waals surface area contributed by atoms with Gasteiger partial charge in [-0.1, -0.05) is 41.6 Å². The zero-order valence-electron chi connectivity index (χ0n) is 14.7. The summed E-state index contributed by atoms with van der Waals surface area (Å²) in [4.78, 5) is 14.9. The molecule has 6 nitrogen and oxygen atoms in total. The lowest BCUT2D eigenvalue weighted by molar-refractivity contribution is -0.133. The molecule has 0 spiro atoms. The standard InChI is InChI=1S/C18H20ClN3O3S/c1-4-25-15-8-7-13(9-14(15)19)11(2)5-6-12(3)17-20-18(22-21-17)26-10-16(23)24/h5-9H,4,10H2,1-3H3,(H,23,24)(H,20,21,22). The first-order chi connectivity index (χ1) is 12.4. The number of thioether (sulfide) groups is 1. The van der Waals surface area contributed by atoms with Crippen LogP contribution in [-0.2, 0) is 4.79 Å². The number of nitrogens with zero attached hydrogens (tertiary/aromatic N) is 2. The lowest BCUT2D eigenvalue weighted by atomic mass is 10.1. The molecule has 0 aliphatic rings. The molecule has 0 aliphatic heterocycles. The number of rotatable bonds is 8. The lowest BCUT2D eigenvalue weighted by Gasteiger charge is -2.08. The van der Waals surface area contributed by atoms with Crippen molar-refractivity contribution in [3.05, 3.63) is 46.8 Å². The van der Waals surface area contributed by atoms with Gasteiger partial charge in [0, 0.05) is 0 Å². The molecule has 1 heterocycles. The molecule has 1 aromatic heterocycles. The van der Waals surface area contributed by atoms with E-state index < -0.39 is 5.97 Å². The Kier molecular flexibility index (Phi) is 7.29. The summed E-state index contributed by atoms with van der Waals surface area (Å²) < 4.78 is 5.44. The van der Waals surface area contributed by atoms with Gasteiger partial charge in [0.1, 0.15) is 5.75 Å². The van der Waals surface area contributed by atoms with E-state index in [1.165, 1.54) is 0 Å². The Morgan fingerprint density at radius 1 is 1.35 bits per heavy atom. The van der Waals surface area contributed by atoms with E-state index in [4.69, 9.17) is 21.4 Å². The predicted octanol–water partition coefficient (Wildman–Crippen LogP) is 4.54. The number of H-pyrrole nitrogens is 1. The first-order valence-corrected chi connectivity index (χ1v) is 9.32. The van der Waals surface area contributed by atoms with E-state index in [-0.39, 0.29) is 5.75 Å². The van der Waals surface area contributed by atoms with Gasteiger partial charge in [-0.2, -0.15) is 0 Å². The molecule has 2 rings (SSSR count). The number of aromatic nitrogens is 3. The minimum Gasteiger partial charge on any atom is -0.492 e. The molecular weight excluding hydrogens is 374 g/mol. The topological polar surface area (TPSA) is 88.1 Å². The third-order valence-electron chi connectivity index (χ3n) is 3.43. The van der Waals surface area contributed by atoms with Crippen molar-refractivity contribution in [3.8, 4) is 5.75 Å². The highest BCUT2D eigenvalue weighted by Crippen LogP contribution is 2.28. The van der Waals surface area contributed by atoms with Crippen LogP contribution in [-0.4, -0.2) is 38.6 Å². The molecule has 8 heteroatoms. The minimum atomic E-state index is -0.902. The number of nitrogens with one attached hydrogen (secondary N) is 1. The van der Waals surface area contributed by atoms with Gasteiger partial charge in [-0.25, -0.2) is 4.98 Å². The van der Waals surface area contributed by atoms with Gasteiger partial charge in [-0.05, 0) is 49.6 Å². The molecule has 0 saturated carbocycles. The van der Waals surface area contributed by atoms with Gasteiger partial charge >= 0.3 is 5.97 Å². The molecule has 2 aromatic rings. The van der Waals surface area contributed by atoms with Crippen LogP contribution in [0.15, 0.2) is 35.5 Å². The van der Waals surface area contributed by atoms with E-state index in [9.17, 15) is 4.79 Å². The van der Waals surface area contributed by atoms with Crippen molar-refractivity contribution >= 4 is 40.5 Å². The maximum absolute atomic E-state index is 10.6. The second kappa shape index (κ2) is 9.45. The van der Waals surface area contributed by atoms with Crippen LogP contribution in [0.3, 0.4) is 0 Å². The molecule has 0 amide bonds. The average molecular weight is 394 g/mol. The van der Waals surface area contributed by atoms with Gasteiger partial charge < -0.3 is 9.84 Å². The minimum absolute atomic E-state index is 0.0719. The smallest absolute Gasteiger partial charge is 0.313 e. The molecule has 138 valence electrons. The summed E-state index contributed by atoms with van der Waals surface area (Å²) in [7, 11) is 0. The van der Waals surface area contributed by atoms with Crippen LogP contribution in [0, 0.1) is 0 Å². The Morgan fingerprint density at radius 3 is 2.73 bits per heavy atom. The molecule has 0 aliphatic carbocycles. The Labute approximate surface area is 161 Å². The highest BCUT2D eigenvalue weighted by molar-refractivity contribution is 7.99. The van der Waals surface area contributed by atoms with E-state index in [0.717, 1.165) is 28.5 Å². The van der Waals surface area contributed by atoms with Crippen LogP contribution in [0.1, 0.15) is 32.2 Å². The number of halogens is 1. The predicted molar refractivity (Wildman–Crippen MR) is 105 cm³/mol. The summed E-state index contributed by atoms with van der Waals surface area (Å²) >= 11 is 7.30. The third kappa shape index (κ3) is 5.64. The first-order valence-electron chi connectivity index (χ1n) is 7.96. The highest BCUT2D eigenvalue weighted by Gasteiger charge is 2.07. The number of carboxylic acids is 1. The largest absolute Gasteiger partial charge is 0.492 e. The number of hydrogen-bond donors (Lipinski definition) is 2. The summed E-state index contributed by atoms with van der Waals surface area (Å²) in [6.45, 7) is 6.38. The quantitative estimate of drug-likeness (QED) is 0.505. The van der Waals surface area contributed by atoms with Crippen LogP contribution in [0.4, 0.5) is 0 Å². The van der Waals surface area contributed by atoms with Crippen LogP contribution in [0.5, 0.6) is 5.75 Å². The van der Waals surface area contributed by atoms with Crippen molar-refractivity contribution in [2.45, 2.75) is 25.9 Å². The highest BCUT2D eigenvalue weighted by atomic mass is 35.5. The fraction of sp³-hybridized carbons (Fsp3) is 0.278. The number of aromatic amines is 1. The second-order valence-electron chi connectivity index (χ2n) is 5.43. The van der Waals surface area contributed by atoms with Crippen LogP contribution >= 0.6 is 23.4 Å². The fourth-order valence-electron chi connectivity index (χ4n) is 2.06. The van der Waals surface area contributed by atoms with Crippen molar-refractivity contribution in [2.24, 2.45) is 0 Å². The molecule has 0 unspecified atom stereocenters. The molecule has 26 heavy (non-hydrogen) atoms. The number of hydrogen-bond acceptors (Lipinski definition) is 5. The Bertz CT molecular complexity index is 846. The summed E-state index contributed by atoms with van der Waals surface area (Å²) in [5.41, 5.74) is 2.92. The zero-order chi connectivity index (χ0) is 19.1. The summed E-state index contributed by atoms with van der Waals surface area (Å²) in [6, 6.07) is 5.69. The Balaban J connectivity index is 2.11. The molecule has 0 radical (unpaired) electrons. The van der Waals surface area contributed by atoms with Crippen molar-refractivity contribution < 1.29 is 14.6 Å². The van der Waals surface area contributed by atoms with Gasteiger partial charge in [0.15, 0.2) is 5.82 Å². The zero-order valence-corrected chi connectivity index (χ0v) is 16.3. The van der Waals surface area contributed by atoms with Crippen LogP contribution in [0.25, 0.3) is 11.1 Å². The van der Waals surface area contributed by atoms with Crippen molar-refractivity contribution in [3.63, 3.8) is 0 Å². The van der Waals surface area contributed by atoms with Gasteiger partial charge in [0.05, 0.1) is 17.4 Å². The number of carboxylic acid groups (broad SMARTS) is 1. The summed E-state index contributed by atoms with van der Waals surface area (Å²) in [5, 5.41) is 16.5. The van der Waals surface area contributed by atoms with Crippen molar-refractivity contribution in [1.82, 2.24) is 15.2 Å². The second-order valence-corrected chi connectivity index (χ2v) is 6.78. The van der Waals surface area contributed by atoms with Gasteiger partial charge in [0.2, 0.25) is 5.16 Å². The number of aliphatic carboxylic acids is 1. The normalized spacial score (nSPS) is 12.3. The maximum atomic E-state index is 10.6. The van der Waals surface area contributed by atoms with Crippen LogP contribution in [0.2, 0.25) is 5.02 Å². The van der Waals surface area contributed by atoms with Gasteiger partial charge in [0.25, 0.3) is 0 Å². The molecular formula is C18H20ClN3O3S. The number of benzene rings is 1. The number of carbonyl (C=O) groups is 1. The Morgan fingerprint density at radius 2 is 2.08 bits per heavy atom. The van der Waals surface area contributed by atoms with E-state index in [0.29, 0.717) is 28.4 Å². The molecule has 2 N–H and O–H groups in total. The monoisotopic (exact) mass is 393 g/mol. The molecule has 1 aromatic carbocycles. The Hall–Kier alpha value is -2.25. The van der Waals surface area contributed by atoms with Crippen molar-refractivity contribution in [1.29, 1.82) is 0 Å². The lowest BCUT2D eigenvalue weighted by Crippen LogP contribution is -1.97. The molecule has 0 saturated heterocycles.